The predicted molar refractivity (Wildman–Crippen MR) is 81.2 cm³/mol. The number of para-hydroxylation sites is 2. The van der Waals surface area contributed by atoms with Crippen molar-refractivity contribution in [1.29, 1.82) is 0 Å². The van der Waals surface area contributed by atoms with Crippen molar-refractivity contribution in [2.24, 2.45) is 0 Å². The molecule has 114 valence electrons. The quantitative estimate of drug-likeness (QED) is 0.837. The van der Waals surface area contributed by atoms with Crippen LogP contribution in [0.15, 0.2) is 24.3 Å². The second-order valence-corrected chi connectivity index (χ2v) is 5.57. The average Bonchev–Trinajstić information content (AvgIpc) is 2.93. The zero-order chi connectivity index (χ0) is 15.2. The summed E-state index contributed by atoms with van der Waals surface area (Å²) in [6.45, 7) is 3.82. The third kappa shape index (κ3) is 4.48. The topological polar surface area (TPSA) is 67.4 Å². The van der Waals surface area contributed by atoms with Crippen LogP contribution in [0.4, 0.5) is 5.69 Å². The van der Waals surface area contributed by atoms with Gasteiger partial charge in [-0.1, -0.05) is 25.0 Å². The van der Waals surface area contributed by atoms with Crippen molar-refractivity contribution in [2.45, 2.75) is 51.7 Å². The lowest BCUT2D eigenvalue weighted by Crippen LogP contribution is -2.40. The summed E-state index contributed by atoms with van der Waals surface area (Å²) in [6.07, 6.45) is 4.11. The van der Waals surface area contributed by atoms with E-state index < -0.39 is 11.8 Å². The Morgan fingerprint density at radius 2 is 1.81 bits per heavy atom. The van der Waals surface area contributed by atoms with Crippen LogP contribution in [0.3, 0.4) is 0 Å². The van der Waals surface area contributed by atoms with Gasteiger partial charge in [0.15, 0.2) is 0 Å². The molecule has 5 nitrogen and oxygen atoms in total. The van der Waals surface area contributed by atoms with Crippen LogP contribution in [-0.2, 0) is 9.59 Å². The Bertz CT molecular complexity index is 508. The summed E-state index contributed by atoms with van der Waals surface area (Å²) in [5.74, 6) is -0.669. The number of ether oxygens (including phenoxy) is 1. The van der Waals surface area contributed by atoms with Crippen molar-refractivity contribution in [1.82, 2.24) is 5.32 Å². The molecule has 0 aliphatic heterocycles. The molecule has 2 rings (SSSR count). The highest BCUT2D eigenvalue weighted by Crippen LogP contribution is 2.24. The van der Waals surface area contributed by atoms with Gasteiger partial charge in [0.05, 0.1) is 11.8 Å². The Labute approximate surface area is 125 Å². The van der Waals surface area contributed by atoms with Crippen LogP contribution in [0, 0.1) is 0 Å². The second-order valence-electron chi connectivity index (χ2n) is 5.57. The minimum atomic E-state index is -0.651. The van der Waals surface area contributed by atoms with Gasteiger partial charge in [0, 0.05) is 6.04 Å². The first kappa shape index (κ1) is 15.4. The normalized spacial score (nSPS) is 15.0. The van der Waals surface area contributed by atoms with Gasteiger partial charge in [-0.2, -0.15) is 0 Å². The van der Waals surface area contributed by atoms with Crippen molar-refractivity contribution in [3.8, 4) is 5.75 Å². The fourth-order valence-electron chi connectivity index (χ4n) is 2.43. The molecule has 1 aromatic carbocycles. The molecule has 2 N–H and O–H groups in total. The molecular weight excluding hydrogens is 268 g/mol. The van der Waals surface area contributed by atoms with E-state index in [0.717, 1.165) is 25.7 Å². The Kier molecular flexibility index (Phi) is 5.20. The summed E-state index contributed by atoms with van der Waals surface area (Å²) in [4.78, 5) is 23.8. The first-order chi connectivity index (χ1) is 10.1. The molecule has 0 atom stereocenters. The zero-order valence-corrected chi connectivity index (χ0v) is 12.5. The lowest BCUT2D eigenvalue weighted by molar-refractivity contribution is -0.136. The molecule has 2 amide bonds. The van der Waals surface area contributed by atoms with Crippen LogP contribution in [0.1, 0.15) is 39.5 Å². The van der Waals surface area contributed by atoms with E-state index >= 15 is 0 Å². The molecule has 21 heavy (non-hydrogen) atoms. The number of hydrogen-bond donors (Lipinski definition) is 2. The van der Waals surface area contributed by atoms with E-state index in [-0.39, 0.29) is 12.1 Å². The summed E-state index contributed by atoms with van der Waals surface area (Å²) < 4.78 is 5.61. The SMILES string of the molecule is CC(C)Oc1ccccc1NC(=O)C(=O)NC1CCCC1. The van der Waals surface area contributed by atoms with E-state index in [0.29, 0.717) is 11.4 Å². The van der Waals surface area contributed by atoms with E-state index in [1.165, 1.54) is 0 Å². The monoisotopic (exact) mass is 290 g/mol. The van der Waals surface area contributed by atoms with Gasteiger partial charge in [-0.05, 0) is 38.8 Å². The number of carbonyl (C=O) groups excluding carboxylic acids is 2. The summed E-state index contributed by atoms with van der Waals surface area (Å²) in [7, 11) is 0. The van der Waals surface area contributed by atoms with Gasteiger partial charge in [0.25, 0.3) is 0 Å². The molecule has 0 spiro atoms. The molecule has 0 saturated heterocycles. The maximum atomic E-state index is 12.0. The Morgan fingerprint density at radius 3 is 2.48 bits per heavy atom. The molecule has 1 saturated carbocycles. The molecule has 0 unspecified atom stereocenters. The maximum absolute atomic E-state index is 12.0. The Hall–Kier alpha value is -2.04. The van der Waals surface area contributed by atoms with Crippen LogP contribution in [0.5, 0.6) is 5.75 Å². The Balaban J connectivity index is 1.96. The molecule has 5 heteroatoms. The fourth-order valence-corrected chi connectivity index (χ4v) is 2.43. The predicted octanol–water partition coefficient (Wildman–Crippen LogP) is 2.47. The van der Waals surface area contributed by atoms with E-state index in [1.807, 2.05) is 19.9 Å². The minimum absolute atomic E-state index is 0.00429. The third-order valence-electron chi connectivity index (χ3n) is 3.39. The number of benzene rings is 1. The van der Waals surface area contributed by atoms with Crippen LogP contribution in [0.2, 0.25) is 0 Å². The standard InChI is InChI=1S/C16H22N2O3/c1-11(2)21-14-10-6-5-9-13(14)18-16(20)15(19)17-12-7-3-4-8-12/h5-6,9-12H,3-4,7-8H2,1-2H3,(H,17,19)(H,18,20). The first-order valence-corrected chi connectivity index (χ1v) is 7.44. The minimum Gasteiger partial charge on any atom is -0.489 e. The lowest BCUT2D eigenvalue weighted by Gasteiger charge is -2.15. The molecule has 0 bridgehead atoms. The van der Waals surface area contributed by atoms with E-state index in [9.17, 15) is 9.59 Å². The van der Waals surface area contributed by atoms with Gasteiger partial charge in [0.2, 0.25) is 0 Å². The van der Waals surface area contributed by atoms with Gasteiger partial charge >= 0.3 is 11.8 Å². The summed E-state index contributed by atoms with van der Waals surface area (Å²) >= 11 is 0. The summed E-state index contributed by atoms with van der Waals surface area (Å²) in [5, 5.41) is 5.38. The van der Waals surface area contributed by atoms with Crippen molar-refractivity contribution in [3.63, 3.8) is 0 Å². The van der Waals surface area contributed by atoms with Crippen LogP contribution in [0.25, 0.3) is 0 Å². The molecular formula is C16H22N2O3. The van der Waals surface area contributed by atoms with Crippen molar-refractivity contribution in [2.75, 3.05) is 5.32 Å². The number of amides is 2. The van der Waals surface area contributed by atoms with Crippen molar-refractivity contribution >= 4 is 17.5 Å². The third-order valence-corrected chi connectivity index (χ3v) is 3.39. The van der Waals surface area contributed by atoms with Crippen LogP contribution in [-0.4, -0.2) is 24.0 Å². The highest BCUT2D eigenvalue weighted by molar-refractivity contribution is 6.39. The highest BCUT2D eigenvalue weighted by atomic mass is 16.5. The summed E-state index contributed by atoms with van der Waals surface area (Å²) in [5.41, 5.74) is 0.512. The molecule has 0 radical (unpaired) electrons. The number of rotatable bonds is 4. The highest BCUT2D eigenvalue weighted by Gasteiger charge is 2.22. The molecule has 1 fully saturated rings. The molecule has 1 aliphatic carbocycles. The van der Waals surface area contributed by atoms with E-state index in [2.05, 4.69) is 10.6 Å². The number of nitrogens with one attached hydrogen (secondary N) is 2. The van der Waals surface area contributed by atoms with Gasteiger partial charge in [-0.25, -0.2) is 0 Å². The van der Waals surface area contributed by atoms with Gasteiger partial charge in [-0.3, -0.25) is 9.59 Å². The fraction of sp³-hybridized carbons (Fsp3) is 0.500. The first-order valence-electron chi connectivity index (χ1n) is 7.44. The van der Waals surface area contributed by atoms with Gasteiger partial charge < -0.3 is 15.4 Å². The van der Waals surface area contributed by atoms with Gasteiger partial charge in [0.1, 0.15) is 5.75 Å². The van der Waals surface area contributed by atoms with Crippen LogP contribution < -0.4 is 15.4 Å². The Morgan fingerprint density at radius 1 is 1.14 bits per heavy atom. The second kappa shape index (κ2) is 7.11. The van der Waals surface area contributed by atoms with Crippen molar-refractivity contribution in [3.05, 3.63) is 24.3 Å². The number of hydrogen-bond acceptors (Lipinski definition) is 3. The largest absolute Gasteiger partial charge is 0.489 e. The number of anilines is 1. The smallest absolute Gasteiger partial charge is 0.313 e. The van der Waals surface area contributed by atoms with Crippen LogP contribution >= 0.6 is 0 Å². The molecule has 0 heterocycles. The van der Waals surface area contributed by atoms with E-state index in [1.54, 1.807) is 18.2 Å². The van der Waals surface area contributed by atoms with E-state index in [4.69, 9.17) is 4.74 Å². The molecule has 1 aliphatic rings. The van der Waals surface area contributed by atoms with Gasteiger partial charge in [-0.15, -0.1) is 0 Å². The maximum Gasteiger partial charge on any atom is 0.313 e. The number of carbonyl (C=O) groups is 2. The lowest BCUT2D eigenvalue weighted by atomic mass is 10.2. The zero-order valence-electron chi connectivity index (χ0n) is 12.5. The summed E-state index contributed by atoms with van der Waals surface area (Å²) in [6, 6.07) is 7.23. The van der Waals surface area contributed by atoms with Crippen molar-refractivity contribution < 1.29 is 14.3 Å². The molecule has 1 aromatic rings. The molecule has 0 aromatic heterocycles. The average molecular weight is 290 g/mol.